The normalized spacial score (nSPS) is 11.6. The largest absolute Gasteiger partial charge is 0.292 e. The first-order valence-corrected chi connectivity index (χ1v) is 8.12. The Morgan fingerprint density at radius 1 is 1.30 bits per heavy atom. The van der Waals surface area contributed by atoms with E-state index in [4.69, 9.17) is 0 Å². The molecule has 0 fully saturated rings. The molecular weight excluding hydrogens is 312 g/mol. The minimum atomic E-state index is -0.0544. The lowest BCUT2D eigenvalue weighted by molar-refractivity contribution is 0.576. The second kappa shape index (κ2) is 5.24. The maximum Gasteiger partial charge on any atom is 0.271 e. The molecule has 0 N–H and O–H groups in total. The number of hydrogen-bond donors (Lipinski definition) is 0. The number of aromatic nitrogens is 6. The molecule has 0 spiro atoms. The quantitative estimate of drug-likeness (QED) is 0.575. The van der Waals surface area contributed by atoms with Crippen molar-refractivity contribution < 1.29 is 0 Å². The molecule has 0 atom stereocenters. The van der Waals surface area contributed by atoms with E-state index in [0.717, 1.165) is 27.1 Å². The molecule has 0 aliphatic carbocycles. The fourth-order valence-corrected chi connectivity index (χ4v) is 3.69. The zero-order valence-corrected chi connectivity index (χ0v) is 13.5. The smallest absolute Gasteiger partial charge is 0.271 e. The lowest BCUT2D eigenvalue weighted by atomic mass is 10.3. The Hall–Kier alpha value is -2.61. The number of hydrogen-bond acceptors (Lipinski definition) is 6. The molecule has 0 saturated carbocycles. The molecule has 4 aromatic rings. The number of rotatable bonds is 3. The van der Waals surface area contributed by atoms with Gasteiger partial charge < -0.3 is 0 Å². The highest BCUT2D eigenvalue weighted by Crippen LogP contribution is 2.28. The molecule has 8 heteroatoms. The summed E-state index contributed by atoms with van der Waals surface area (Å²) in [4.78, 5) is 22.4. The van der Waals surface area contributed by atoms with E-state index in [1.807, 2.05) is 26.0 Å². The minimum Gasteiger partial charge on any atom is -0.292 e. The highest BCUT2D eigenvalue weighted by Gasteiger charge is 2.14. The van der Waals surface area contributed by atoms with Crippen LogP contribution in [0, 0.1) is 6.92 Å². The molecule has 0 aliphatic rings. The van der Waals surface area contributed by atoms with Crippen molar-refractivity contribution in [2.45, 2.75) is 26.9 Å². The van der Waals surface area contributed by atoms with E-state index in [2.05, 4.69) is 20.3 Å². The van der Waals surface area contributed by atoms with Crippen LogP contribution in [-0.4, -0.2) is 29.5 Å². The Kier molecular flexibility index (Phi) is 3.19. The lowest BCUT2D eigenvalue weighted by Crippen LogP contribution is -2.22. The van der Waals surface area contributed by atoms with Gasteiger partial charge in [0.2, 0.25) is 0 Å². The molecule has 4 aromatic heterocycles. The van der Waals surface area contributed by atoms with Gasteiger partial charge in [0.15, 0.2) is 0 Å². The molecule has 23 heavy (non-hydrogen) atoms. The maximum absolute atomic E-state index is 12.8. The van der Waals surface area contributed by atoms with Gasteiger partial charge in [0, 0.05) is 18.1 Å². The van der Waals surface area contributed by atoms with Gasteiger partial charge in [0.25, 0.3) is 5.56 Å². The van der Waals surface area contributed by atoms with Gasteiger partial charge in [0.05, 0.1) is 29.8 Å². The van der Waals surface area contributed by atoms with E-state index in [1.165, 1.54) is 11.3 Å². The number of nitrogens with zero attached hydrogens (tertiary/aromatic N) is 6. The molecule has 0 saturated heterocycles. The number of thiophene rings is 1. The number of pyridine rings is 1. The average Bonchev–Trinajstić information content (AvgIpc) is 3.11. The van der Waals surface area contributed by atoms with Gasteiger partial charge in [-0.05, 0) is 26.0 Å². The van der Waals surface area contributed by atoms with Crippen LogP contribution in [0.15, 0.2) is 29.5 Å². The Labute approximate surface area is 135 Å². The third-order valence-electron chi connectivity index (χ3n) is 3.87. The lowest BCUT2D eigenvalue weighted by Gasteiger charge is -2.07. The standard InChI is InChI=1S/C15H14N6OS/c1-3-21-11(9(2)18-19-21)7-20-8-17-12-10-5-4-6-16-14(10)23-13(12)15(20)22/h4-6,8H,3,7H2,1-2H3. The molecule has 0 radical (unpaired) electrons. The first kappa shape index (κ1) is 14.0. The molecular formula is C15H14N6OS. The van der Waals surface area contributed by atoms with Crippen LogP contribution in [0.4, 0.5) is 0 Å². The monoisotopic (exact) mass is 326 g/mol. The van der Waals surface area contributed by atoms with Crippen LogP contribution in [0.3, 0.4) is 0 Å². The first-order chi connectivity index (χ1) is 11.2. The minimum absolute atomic E-state index is 0.0544. The summed E-state index contributed by atoms with van der Waals surface area (Å²) in [5, 5.41) is 9.08. The molecule has 0 amide bonds. The Morgan fingerprint density at radius 3 is 3.00 bits per heavy atom. The highest BCUT2D eigenvalue weighted by atomic mass is 32.1. The van der Waals surface area contributed by atoms with E-state index in [-0.39, 0.29) is 5.56 Å². The fraction of sp³-hybridized carbons (Fsp3) is 0.267. The summed E-state index contributed by atoms with van der Waals surface area (Å²) in [5.41, 5.74) is 2.42. The van der Waals surface area contributed by atoms with E-state index in [1.54, 1.807) is 21.8 Å². The van der Waals surface area contributed by atoms with Crippen LogP contribution in [0.25, 0.3) is 20.4 Å². The van der Waals surface area contributed by atoms with Gasteiger partial charge in [0.1, 0.15) is 9.53 Å². The fourth-order valence-electron chi connectivity index (χ4n) is 2.65. The SMILES string of the molecule is CCn1nnc(C)c1Cn1cnc2c(sc3ncccc32)c1=O. The summed E-state index contributed by atoms with van der Waals surface area (Å²) in [6.45, 7) is 5.03. The summed E-state index contributed by atoms with van der Waals surface area (Å²) >= 11 is 1.38. The van der Waals surface area contributed by atoms with Crippen LogP contribution in [0.5, 0.6) is 0 Å². The van der Waals surface area contributed by atoms with Gasteiger partial charge in [-0.3, -0.25) is 9.36 Å². The molecule has 116 valence electrons. The van der Waals surface area contributed by atoms with Gasteiger partial charge in [-0.2, -0.15) is 0 Å². The van der Waals surface area contributed by atoms with E-state index < -0.39 is 0 Å². The van der Waals surface area contributed by atoms with Crippen molar-refractivity contribution in [3.8, 4) is 0 Å². The molecule has 0 aliphatic heterocycles. The van der Waals surface area contributed by atoms with Crippen LogP contribution in [0.2, 0.25) is 0 Å². The number of fused-ring (bicyclic) bond motifs is 3. The Bertz CT molecular complexity index is 1080. The zero-order chi connectivity index (χ0) is 16.0. The van der Waals surface area contributed by atoms with Crippen molar-refractivity contribution in [3.05, 3.63) is 46.4 Å². The topological polar surface area (TPSA) is 78.5 Å². The van der Waals surface area contributed by atoms with Gasteiger partial charge in [-0.15, -0.1) is 16.4 Å². The second-order valence-corrected chi connectivity index (χ2v) is 6.25. The van der Waals surface area contributed by atoms with Gasteiger partial charge >= 0.3 is 0 Å². The summed E-state index contributed by atoms with van der Waals surface area (Å²) in [7, 11) is 0. The molecule has 0 aromatic carbocycles. The van der Waals surface area contributed by atoms with Gasteiger partial charge in [-0.1, -0.05) is 5.21 Å². The van der Waals surface area contributed by atoms with Crippen molar-refractivity contribution in [1.29, 1.82) is 0 Å². The number of aryl methyl sites for hydroxylation is 2. The van der Waals surface area contributed by atoms with Crippen molar-refractivity contribution in [3.63, 3.8) is 0 Å². The van der Waals surface area contributed by atoms with E-state index in [9.17, 15) is 4.79 Å². The van der Waals surface area contributed by atoms with Crippen molar-refractivity contribution in [1.82, 2.24) is 29.5 Å². The van der Waals surface area contributed by atoms with E-state index in [0.29, 0.717) is 17.8 Å². The van der Waals surface area contributed by atoms with Crippen LogP contribution in [-0.2, 0) is 13.1 Å². The third-order valence-corrected chi connectivity index (χ3v) is 4.96. The molecule has 4 heterocycles. The Balaban J connectivity index is 1.88. The third kappa shape index (κ3) is 2.14. The molecule has 4 rings (SSSR count). The molecule has 0 bridgehead atoms. The highest BCUT2D eigenvalue weighted by molar-refractivity contribution is 7.25. The molecule has 0 unspecified atom stereocenters. The molecule has 7 nitrogen and oxygen atoms in total. The zero-order valence-electron chi connectivity index (χ0n) is 12.7. The van der Waals surface area contributed by atoms with E-state index >= 15 is 0 Å². The summed E-state index contributed by atoms with van der Waals surface area (Å²) < 4.78 is 4.04. The van der Waals surface area contributed by atoms with Crippen molar-refractivity contribution in [2.24, 2.45) is 0 Å². The van der Waals surface area contributed by atoms with Crippen LogP contribution < -0.4 is 5.56 Å². The summed E-state index contributed by atoms with van der Waals surface area (Å²) in [6.07, 6.45) is 3.32. The predicted octanol–water partition coefficient (Wildman–Crippen LogP) is 1.97. The summed E-state index contributed by atoms with van der Waals surface area (Å²) in [5.74, 6) is 0. The van der Waals surface area contributed by atoms with Gasteiger partial charge in [-0.25, -0.2) is 14.6 Å². The van der Waals surface area contributed by atoms with Crippen LogP contribution in [0.1, 0.15) is 18.3 Å². The van der Waals surface area contributed by atoms with Crippen LogP contribution >= 0.6 is 11.3 Å². The van der Waals surface area contributed by atoms with Crippen molar-refractivity contribution >= 4 is 31.8 Å². The Morgan fingerprint density at radius 2 is 2.17 bits per heavy atom. The first-order valence-electron chi connectivity index (χ1n) is 7.30. The summed E-state index contributed by atoms with van der Waals surface area (Å²) in [6, 6.07) is 3.80. The second-order valence-electron chi connectivity index (χ2n) is 5.25. The predicted molar refractivity (Wildman–Crippen MR) is 88.7 cm³/mol. The maximum atomic E-state index is 12.8. The average molecular weight is 326 g/mol. The van der Waals surface area contributed by atoms with Crippen molar-refractivity contribution in [2.75, 3.05) is 0 Å².